The largest absolute Gasteiger partial charge is 0.480 e. The van der Waals surface area contributed by atoms with E-state index in [0.29, 0.717) is 12.8 Å². The molecule has 0 bridgehead atoms. The summed E-state index contributed by atoms with van der Waals surface area (Å²) in [6, 6.07) is -1.53. The molecule has 0 aromatic heterocycles. The van der Waals surface area contributed by atoms with Gasteiger partial charge < -0.3 is 25.2 Å². The first kappa shape index (κ1) is 49.9. The third-order valence-corrected chi connectivity index (χ3v) is 8.64. The van der Waals surface area contributed by atoms with Crippen molar-refractivity contribution in [2.24, 2.45) is 5.73 Å². The molecule has 0 spiro atoms. The van der Waals surface area contributed by atoms with Crippen molar-refractivity contribution in [1.82, 2.24) is 0 Å². The average molecular weight is 766 g/mol. The molecular formula is C41H68NO10P. The van der Waals surface area contributed by atoms with E-state index < -0.39 is 51.1 Å². The Kier molecular flexibility index (Phi) is 33.8. The molecule has 0 aliphatic rings. The van der Waals surface area contributed by atoms with Crippen LogP contribution in [0.2, 0.25) is 0 Å². The maximum absolute atomic E-state index is 12.6. The molecule has 302 valence electrons. The first-order valence-electron chi connectivity index (χ1n) is 19.5. The SMILES string of the molecule is CC/C=C\C/C=C\C/C=C\C/C=C\CCCCC(=O)O[C@H](COC(=O)CCCCCCC/C=C\C/C=C\CCCC)COP(=O)(O)OC[C@H](N)C(=O)O. The number of hydrogen-bond acceptors (Lipinski definition) is 9. The predicted molar refractivity (Wildman–Crippen MR) is 212 cm³/mol. The number of carbonyl (C=O) groups excluding carboxylic acids is 2. The fourth-order valence-corrected chi connectivity index (χ4v) is 5.38. The fraction of sp³-hybridized carbons (Fsp3) is 0.634. The van der Waals surface area contributed by atoms with E-state index in [4.69, 9.17) is 24.8 Å². The van der Waals surface area contributed by atoms with Gasteiger partial charge in [-0.05, 0) is 77.0 Å². The van der Waals surface area contributed by atoms with Crippen LogP contribution in [0.5, 0.6) is 0 Å². The zero-order chi connectivity index (χ0) is 39.3. The van der Waals surface area contributed by atoms with Crippen molar-refractivity contribution in [1.29, 1.82) is 0 Å². The summed E-state index contributed by atoms with van der Waals surface area (Å²) in [7, 11) is -4.73. The molecule has 0 saturated carbocycles. The summed E-state index contributed by atoms with van der Waals surface area (Å²) in [6.45, 7) is 2.56. The van der Waals surface area contributed by atoms with Gasteiger partial charge in [-0.25, -0.2) is 4.57 Å². The van der Waals surface area contributed by atoms with Crippen molar-refractivity contribution in [3.63, 3.8) is 0 Å². The van der Waals surface area contributed by atoms with Gasteiger partial charge in [-0.2, -0.15) is 0 Å². The Morgan fingerprint density at radius 3 is 1.62 bits per heavy atom. The molecule has 11 nitrogen and oxygen atoms in total. The van der Waals surface area contributed by atoms with Crippen LogP contribution in [-0.2, 0) is 37.5 Å². The number of allylic oxidation sites excluding steroid dienone is 12. The number of rotatable bonds is 35. The number of unbranched alkanes of at least 4 members (excludes halogenated alkanes) is 9. The Morgan fingerprint density at radius 1 is 0.604 bits per heavy atom. The molecule has 0 amide bonds. The zero-order valence-corrected chi connectivity index (χ0v) is 33.2. The lowest BCUT2D eigenvalue weighted by Gasteiger charge is -2.20. The summed E-state index contributed by atoms with van der Waals surface area (Å²) in [6.07, 6.45) is 41.2. The zero-order valence-electron chi connectivity index (χ0n) is 32.3. The molecular weight excluding hydrogens is 697 g/mol. The average Bonchev–Trinajstić information content (AvgIpc) is 3.13. The summed E-state index contributed by atoms with van der Waals surface area (Å²) < 4.78 is 32.5. The molecule has 0 heterocycles. The number of aliphatic carboxylic acids is 1. The van der Waals surface area contributed by atoms with Crippen molar-refractivity contribution < 1.29 is 47.5 Å². The van der Waals surface area contributed by atoms with Crippen LogP contribution >= 0.6 is 7.82 Å². The Morgan fingerprint density at radius 2 is 1.06 bits per heavy atom. The third kappa shape index (κ3) is 35.7. The van der Waals surface area contributed by atoms with Crippen molar-refractivity contribution >= 4 is 25.7 Å². The Labute approximate surface area is 319 Å². The van der Waals surface area contributed by atoms with Gasteiger partial charge in [-0.3, -0.25) is 23.4 Å². The lowest BCUT2D eigenvalue weighted by Crippen LogP contribution is -2.34. The minimum absolute atomic E-state index is 0.102. The first-order valence-corrected chi connectivity index (χ1v) is 21.0. The van der Waals surface area contributed by atoms with Crippen LogP contribution in [0, 0.1) is 0 Å². The second-order valence-corrected chi connectivity index (χ2v) is 14.1. The van der Waals surface area contributed by atoms with E-state index in [0.717, 1.165) is 83.5 Å². The highest BCUT2D eigenvalue weighted by atomic mass is 31.2. The van der Waals surface area contributed by atoms with Gasteiger partial charge in [-0.15, -0.1) is 0 Å². The first-order chi connectivity index (χ1) is 25.6. The van der Waals surface area contributed by atoms with E-state index in [2.05, 4.69) is 91.3 Å². The molecule has 0 aliphatic heterocycles. The smallest absolute Gasteiger partial charge is 0.472 e. The highest BCUT2D eigenvalue weighted by Gasteiger charge is 2.28. The van der Waals surface area contributed by atoms with Crippen molar-refractivity contribution in [3.8, 4) is 0 Å². The highest BCUT2D eigenvalue weighted by Crippen LogP contribution is 2.43. The number of esters is 2. The number of carboxylic acid groups (broad SMARTS) is 1. The number of carboxylic acids is 1. The van der Waals surface area contributed by atoms with Crippen LogP contribution in [0.25, 0.3) is 0 Å². The second kappa shape index (κ2) is 35.9. The monoisotopic (exact) mass is 765 g/mol. The van der Waals surface area contributed by atoms with Gasteiger partial charge in [-0.1, -0.05) is 119 Å². The fourth-order valence-electron chi connectivity index (χ4n) is 4.60. The van der Waals surface area contributed by atoms with Gasteiger partial charge in [0.25, 0.3) is 0 Å². The van der Waals surface area contributed by atoms with E-state index in [1.807, 2.05) is 0 Å². The van der Waals surface area contributed by atoms with E-state index in [1.54, 1.807) is 0 Å². The number of nitrogens with two attached hydrogens (primary N) is 1. The number of ether oxygens (including phenoxy) is 2. The van der Waals surface area contributed by atoms with Gasteiger partial charge in [0, 0.05) is 12.8 Å². The van der Waals surface area contributed by atoms with E-state index >= 15 is 0 Å². The summed E-state index contributed by atoms with van der Waals surface area (Å²) in [5.74, 6) is -2.46. The predicted octanol–water partition coefficient (Wildman–Crippen LogP) is 9.78. The quantitative estimate of drug-likeness (QED) is 0.0243. The van der Waals surface area contributed by atoms with Crippen LogP contribution in [0.3, 0.4) is 0 Å². The van der Waals surface area contributed by atoms with Gasteiger partial charge >= 0.3 is 25.7 Å². The number of hydrogen-bond donors (Lipinski definition) is 3. The van der Waals surface area contributed by atoms with Gasteiger partial charge in [0.05, 0.1) is 13.2 Å². The van der Waals surface area contributed by atoms with Crippen LogP contribution in [0.4, 0.5) is 0 Å². The summed E-state index contributed by atoms with van der Waals surface area (Å²) in [5.41, 5.74) is 5.31. The lowest BCUT2D eigenvalue weighted by molar-refractivity contribution is -0.161. The van der Waals surface area contributed by atoms with Gasteiger partial charge in [0.1, 0.15) is 12.6 Å². The maximum atomic E-state index is 12.6. The topological polar surface area (TPSA) is 172 Å². The Balaban J connectivity index is 4.55. The van der Waals surface area contributed by atoms with E-state index in [-0.39, 0.29) is 19.4 Å². The van der Waals surface area contributed by atoms with Crippen molar-refractivity contribution in [2.75, 3.05) is 19.8 Å². The standard InChI is InChI=1S/C41H68NO10P/c1-3-5-7-9-11-13-15-17-19-21-23-25-27-29-31-33-40(44)52-37(35-50-53(47,48)51-36-38(42)41(45)46)34-49-39(43)32-30-28-26-24-22-20-18-16-14-12-10-8-6-4-2/h5,7,10-13,16-19,23,25,37-38H,3-4,6,8-9,14-15,20-22,24,26-36,42H2,1-2H3,(H,45,46)(H,47,48)/b7-5-,12-10-,13-11-,18-16-,19-17-,25-23-/t37-,38+/m1/s1. The molecule has 0 radical (unpaired) electrons. The molecule has 12 heteroatoms. The van der Waals surface area contributed by atoms with Crippen LogP contribution < -0.4 is 5.73 Å². The van der Waals surface area contributed by atoms with Crippen LogP contribution in [0.1, 0.15) is 136 Å². The van der Waals surface area contributed by atoms with E-state index in [1.165, 1.54) is 12.8 Å². The summed E-state index contributed by atoms with van der Waals surface area (Å²) in [5, 5.41) is 8.86. The number of phosphoric acid groups is 1. The molecule has 0 aromatic rings. The minimum Gasteiger partial charge on any atom is -0.480 e. The van der Waals surface area contributed by atoms with E-state index in [9.17, 15) is 23.8 Å². The maximum Gasteiger partial charge on any atom is 0.472 e. The van der Waals surface area contributed by atoms with Crippen LogP contribution in [0.15, 0.2) is 72.9 Å². The van der Waals surface area contributed by atoms with Crippen molar-refractivity contribution in [3.05, 3.63) is 72.9 Å². The Bertz CT molecular complexity index is 1180. The minimum atomic E-state index is -4.73. The molecule has 4 N–H and O–H groups in total. The third-order valence-electron chi connectivity index (χ3n) is 7.69. The van der Waals surface area contributed by atoms with Gasteiger partial charge in [0.15, 0.2) is 6.10 Å². The normalized spacial score (nSPS) is 14.6. The molecule has 0 aliphatic carbocycles. The number of phosphoric ester groups is 1. The molecule has 53 heavy (non-hydrogen) atoms. The molecule has 0 aromatic carbocycles. The molecule has 0 saturated heterocycles. The molecule has 3 atom stereocenters. The van der Waals surface area contributed by atoms with Gasteiger partial charge in [0.2, 0.25) is 0 Å². The van der Waals surface area contributed by atoms with Crippen molar-refractivity contribution in [2.45, 2.75) is 148 Å². The lowest BCUT2D eigenvalue weighted by atomic mass is 10.1. The second-order valence-electron chi connectivity index (χ2n) is 12.7. The highest BCUT2D eigenvalue weighted by molar-refractivity contribution is 7.47. The summed E-state index contributed by atoms with van der Waals surface area (Å²) in [4.78, 5) is 45.8. The molecule has 0 fully saturated rings. The molecule has 1 unspecified atom stereocenters. The summed E-state index contributed by atoms with van der Waals surface area (Å²) >= 11 is 0. The number of carbonyl (C=O) groups is 3. The Hall–Kier alpha value is -3.08. The molecule has 0 rings (SSSR count). The van der Waals surface area contributed by atoms with Crippen LogP contribution in [-0.4, -0.2) is 59.9 Å².